The fraction of sp³-hybridized carbons (Fsp3) is 0.250. The largest absolute Gasteiger partial charge is 0.493 e. The Kier molecular flexibility index (Phi) is 6.45. The van der Waals surface area contributed by atoms with Gasteiger partial charge in [0.2, 0.25) is 6.79 Å². The number of hydrogen-bond donors (Lipinski definition) is 1. The first-order valence-corrected chi connectivity index (χ1v) is 10.6. The lowest BCUT2D eigenvalue weighted by molar-refractivity contribution is 0.174. The number of methoxy groups -OCH3 is 1. The number of benzene rings is 3. The molecule has 1 aliphatic rings. The van der Waals surface area contributed by atoms with E-state index in [4.69, 9.17) is 18.9 Å². The van der Waals surface area contributed by atoms with Crippen molar-refractivity contribution < 1.29 is 18.9 Å². The second-order valence-corrected chi connectivity index (χ2v) is 7.95. The smallest absolute Gasteiger partial charge is 0.231 e. The van der Waals surface area contributed by atoms with E-state index in [1.165, 1.54) is 5.56 Å². The molecular formula is C24H24BrNO4. The first-order valence-electron chi connectivity index (χ1n) is 9.80. The molecule has 0 aliphatic carbocycles. The molecule has 156 valence electrons. The fourth-order valence-electron chi connectivity index (χ4n) is 3.33. The Labute approximate surface area is 185 Å². The molecule has 0 bridgehead atoms. The second-order valence-electron chi connectivity index (χ2n) is 7.10. The summed E-state index contributed by atoms with van der Waals surface area (Å²) < 4.78 is 23.3. The number of fused-ring (bicyclic) bond motifs is 1. The van der Waals surface area contributed by atoms with Crippen LogP contribution in [0.5, 0.6) is 23.0 Å². The summed E-state index contributed by atoms with van der Waals surface area (Å²) in [6.45, 7) is 3.53. The minimum atomic E-state index is 0.248. The highest BCUT2D eigenvalue weighted by Crippen LogP contribution is 2.38. The van der Waals surface area contributed by atoms with Gasteiger partial charge in [0.1, 0.15) is 6.61 Å². The molecule has 1 atom stereocenters. The van der Waals surface area contributed by atoms with Crippen LogP contribution < -0.4 is 24.3 Å². The predicted octanol–water partition coefficient (Wildman–Crippen LogP) is 5.62. The van der Waals surface area contributed by atoms with Crippen LogP contribution in [0.3, 0.4) is 0 Å². The van der Waals surface area contributed by atoms with Gasteiger partial charge < -0.3 is 24.3 Å². The number of hydrogen-bond acceptors (Lipinski definition) is 5. The SMILES string of the molecule is COc1cc(CNC(C)c2ccccc2)cc(Br)c1OCc1ccc2c(c1)OCO2. The van der Waals surface area contributed by atoms with Crippen LogP contribution in [0.2, 0.25) is 0 Å². The van der Waals surface area contributed by atoms with Crippen molar-refractivity contribution in [3.63, 3.8) is 0 Å². The average molecular weight is 470 g/mol. The minimum Gasteiger partial charge on any atom is -0.493 e. The third kappa shape index (κ3) is 4.71. The van der Waals surface area contributed by atoms with Crippen molar-refractivity contribution in [2.24, 2.45) is 0 Å². The quantitative estimate of drug-likeness (QED) is 0.464. The lowest BCUT2D eigenvalue weighted by atomic mass is 10.1. The van der Waals surface area contributed by atoms with Crippen molar-refractivity contribution in [3.05, 3.63) is 81.8 Å². The lowest BCUT2D eigenvalue weighted by Crippen LogP contribution is -2.18. The van der Waals surface area contributed by atoms with Gasteiger partial charge in [-0.3, -0.25) is 0 Å². The standard InChI is InChI=1S/C24H24BrNO4/c1-16(19-6-4-3-5-7-19)26-13-18-10-20(25)24(23(12-18)27-2)28-14-17-8-9-21-22(11-17)30-15-29-21/h3-12,16,26H,13-15H2,1-2H3. The molecule has 1 aliphatic heterocycles. The second kappa shape index (κ2) is 9.41. The van der Waals surface area contributed by atoms with Gasteiger partial charge in [-0.2, -0.15) is 0 Å². The van der Waals surface area contributed by atoms with E-state index in [2.05, 4.69) is 58.5 Å². The van der Waals surface area contributed by atoms with Crippen LogP contribution in [-0.4, -0.2) is 13.9 Å². The van der Waals surface area contributed by atoms with Crippen molar-refractivity contribution in [1.82, 2.24) is 5.32 Å². The number of ether oxygens (including phenoxy) is 4. The molecule has 1 unspecified atom stereocenters. The maximum atomic E-state index is 6.07. The fourth-order valence-corrected chi connectivity index (χ4v) is 3.94. The van der Waals surface area contributed by atoms with Crippen LogP contribution in [0.4, 0.5) is 0 Å². The van der Waals surface area contributed by atoms with Gasteiger partial charge in [-0.15, -0.1) is 0 Å². The monoisotopic (exact) mass is 469 g/mol. The molecule has 4 rings (SSSR count). The zero-order chi connectivity index (χ0) is 20.9. The van der Waals surface area contributed by atoms with E-state index in [1.54, 1.807) is 7.11 Å². The zero-order valence-corrected chi connectivity index (χ0v) is 18.6. The Morgan fingerprint density at radius 1 is 1.00 bits per heavy atom. The van der Waals surface area contributed by atoms with E-state index >= 15 is 0 Å². The van der Waals surface area contributed by atoms with Crippen molar-refractivity contribution in [1.29, 1.82) is 0 Å². The molecule has 1 heterocycles. The summed E-state index contributed by atoms with van der Waals surface area (Å²) in [6.07, 6.45) is 0. The Hall–Kier alpha value is -2.70. The minimum absolute atomic E-state index is 0.248. The third-order valence-electron chi connectivity index (χ3n) is 5.02. The highest BCUT2D eigenvalue weighted by Gasteiger charge is 2.16. The van der Waals surface area contributed by atoms with Crippen molar-refractivity contribution in [2.75, 3.05) is 13.9 Å². The van der Waals surface area contributed by atoms with Crippen LogP contribution in [0.15, 0.2) is 65.1 Å². The molecule has 3 aromatic rings. The van der Waals surface area contributed by atoms with Crippen molar-refractivity contribution in [2.45, 2.75) is 26.1 Å². The molecule has 0 saturated heterocycles. The molecule has 0 amide bonds. The van der Waals surface area contributed by atoms with Gasteiger partial charge in [0, 0.05) is 12.6 Å². The Morgan fingerprint density at radius 3 is 2.60 bits per heavy atom. The predicted molar refractivity (Wildman–Crippen MR) is 119 cm³/mol. The summed E-state index contributed by atoms with van der Waals surface area (Å²) in [5.74, 6) is 2.87. The molecule has 1 N–H and O–H groups in total. The van der Waals surface area contributed by atoms with Crippen molar-refractivity contribution in [3.8, 4) is 23.0 Å². The number of nitrogens with one attached hydrogen (secondary N) is 1. The Balaban J connectivity index is 1.43. The van der Waals surface area contributed by atoms with E-state index in [-0.39, 0.29) is 12.8 Å². The van der Waals surface area contributed by atoms with Gasteiger partial charge in [-0.1, -0.05) is 36.4 Å². The number of halogens is 1. The van der Waals surface area contributed by atoms with Crippen LogP contribution in [0.25, 0.3) is 0 Å². The van der Waals surface area contributed by atoms with Gasteiger partial charge >= 0.3 is 0 Å². The maximum absolute atomic E-state index is 6.07. The summed E-state index contributed by atoms with van der Waals surface area (Å²) in [5.41, 5.74) is 3.36. The first-order chi connectivity index (χ1) is 14.6. The normalized spacial score (nSPS) is 13.2. The molecule has 0 radical (unpaired) electrons. The summed E-state index contributed by atoms with van der Waals surface area (Å²) in [5, 5.41) is 3.55. The van der Waals surface area contributed by atoms with Gasteiger partial charge in [0.25, 0.3) is 0 Å². The molecule has 0 fully saturated rings. The lowest BCUT2D eigenvalue weighted by Gasteiger charge is -2.17. The van der Waals surface area contributed by atoms with Crippen LogP contribution in [-0.2, 0) is 13.2 Å². The van der Waals surface area contributed by atoms with Gasteiger partial charge in [0.05, 0.1) is 11.6 Å². The molecule has 3 aromatic carbocycles. The summed E-state index contributed by atoms with van der Waals surface area (Å²) in [7, 11) is 1.65. The Bertz CT molecular complexity index is 1010. The van der Waals surface area contributed by atoms with Gasteiger partial charge in [0.15, 0.2) is 23.0 Å². The van der Waals surface area contributed by atoms with Crippen LogP contribution in [0.1, 0.15) is 29.7 Å². The van der Waals surface area contributed by atoms with E-state index in [0.29, 0.717) is 24.7 Å². The average Bonchev–Trinajstić information content (AvgIpc) is 3.25. The molecule has 0 saturated carbocycles. The molecule has 5 nitrogen and oxygen atoms in total. The van der Waals surface area contributed by atoms with Crippen LogP contribution in [0, 0.1) is 0 Å². The first kappa shape index (κ1) is 20.6. The highest BCUT2D eigenvalue weighted by atomic mass is 79.9. The molecule has 0 aromatic heterocycles. The highest BCUT2D eigenvalue weighted by molar-refractivity contribution is 9.10. The van der Waals surface area contributed by atoms with Crippen molar-refractivity contribution >= 4 is 15.9 Å². The third-order valence-corrected chi connectivity index (χ3v) is 5.61. The summed E-state index contributed by atoms with van der Waals surface area (Å²) in [4.78, 5) is 0. The maximum Gasteiger partial charge on any atom is 0.231 e. The summed E-state index contributed by atoms with van der Waals surface area (Å²) in [6, 6.07) is 20.5. The van der Waals surface area contributed by atoms with Crippen LogP contribution >= 0.6 is 15.9 Å². The molecule has 6 heteroatoms. The topological polar surface area (TPSA) is 49.0 Å². The van der Waals surface area contributed by atoms with E-state index in [9.17, 15) is 0 Å². The van der Waals surface area contributed by atoms with E-state index in [0.717, 1.165) is 27.1 Å². The molecular weight excluding hydrogens is 446 g/mol. The Morgan fingerprint density at radius 2 is 1.80 bits per heavy atom. The van der Waals surface area contributed by atoms with Gasteiger partial charge in [-0.25, -0.2) is 0 Å². The van der Waals surface area contributed by atoms with E-state index < -0.39 is 0 Å². The molecule has 0 spiro atoms. The summed E-state index contributed by atoms with van der Waals surface area (Å²) >= 11 is 3.64. The van der Waals surface area contributed by atoms with Gasteiger partial charge in [-0.05, 0) is 63.8 Å². The number of rotatable bonds is 8. The molecule has 30 heavy (non-hydrogen) atoms. The van der Waals surface area contributed by atoms with E-state index in [1.807, 2.05) is 30.3 Å². The zero-order valence-electron chi connectivity index (χ0n) is 17.0.